The van der Waals surface area contributed by atoms with Gasteiger partial charge in [0.2, 0.25) is 0 Å². The molecule has 0 atom stereocenters. The Kier molecular flexibility index (Phi) is 8.16. The van der Waals surface area contributed by atoms with Gasteiger partial charge in [-0.05, 0) is 23.3 Å². The number of aromatic nitrogens is 3. The maximum atomic E-state index is 12.4. The number of nitrogens with zero attached hydrogens (tertiary/aromatic N) is 4. The molecule has 1 heterocycles. The lowest BCUT2D eigenvalue weighted by Crippen LogP contribution is -2.38. The second-order valence-corrected chi connectivity index (χ2v) is 6.91. The first-order valence-corrected chi connectivity index (χ1v) is 10.3. The third-order valence-corrected chi connectivity index (χ3v) is 4.72. The minimum Gasteiger partial charge on any atom is -0.457 e. The van der Waals surface area contributed by atoms with Gasteiger partial charge in [0.25, 0.3) is 0 Å². The summed E-state index contributed by atoms with van der Waals surface area (Å²) >= 11 is 0. The molecule has 31 heavy (non-hydrogen) atoms. The molecular formula is C23H28N6O2. The first-order chi connectivity index (χ1) is 15.2. The van der Waals surface area contributed by atoms with E-state index >= 15 is 0 Å². The Labute approximate surface area is 182 Å². The second-order valence-electron chi connectivity index (χ2n) is 6.91. The molecule has 0 radical (unpaired) electrons. The molecule has 8 heteroatoms. The molecule has 0 aliphatic carbocycles. The van der Waals surface area contributed by atoms with Crippen molar-refractivity contribution in [3.63, 3.8) is 0 Å². The molecule has 3 aromatic rings. The highest BCUT2D eigenvalue weighted by atomic mass is 16.5. The quantitative estimate of drug-likeness (QED) is 0.314. The zero-order valence-electron chi connectivity index (χ0n) is 17.9. The highest BCUT2D eigenvalue weighted by molar-refractivity contribution is 5.89. The Morgan fingerprint density at radius 2 is 1.90 bits per heavy atom. The Bertz CT molecular complexity index is 1000. The van der Waals surface area contributed by atoms with Gasteiger partial charge in [0.1, 0.15) is 18.8 Å². The van der Waals surface area contributed by atoms with E-state index in [1.807, 2.05) is 53.1 Å². The van der Waals surface area contributed by atoms with Gasteiger partial charge in [-0.3, -0.25) is 4.99 Å². The van der Waals surface area contributed by atoms with Crippen molar-refractivity contribution < 1.29 is 9.53 Å². The molecule has 0 saturated carbocycles. The van der Waals surface area contributed by atoms with Crippen LogP contribution < -0.4 is 10.6 Å². The summed E-state index contributed by atoms with van der Waals surface area (Å²) < 4.78 is 7.43. The molecule has 0 fully saturated rings. The Morgan fingerprint density at radius 1 is 1.10 bits per heavy atom. The monoisotopic (exact) mass is 420 g/mol. The summed E-state index contributed by atoms with van der Waals surface area (Å²) in [6.07, 6.45) is 2.58. The summed E-state index contributed by atoms with van der Waals surface area (Å²) in [4.78, 5) is 16.6. The van der Waals surface area contributed by atoms with Gasteiger partial charge < -0.3 is 19.9 Å². The number of ether oxygens (including phenoxy) is 1. The van der Waals surface area contributed by atoms with Crippen LogP contribution in [0.3, 0.4) is 0 Å². The highest BCUT2D eigenvalue weighted by Gasteiger charge is 2.09. The average Bonchev–Trinajstić information content (AvgIpc) is 3.28. The van der Waals surface area contributed by atoms with Gasteiger partial charge in [-0.15, -0.1) is 10.2 Å². The van der Waals surface area contributed by atoms with Crippen LogP contribution in [-0.4, -0.2) is 40.3 Å². The van der Waals surface area contributed by atoms with Crippen molar-refractivity contribution in [2.75, 3.05) is 13.6 Å². The number of hydrogen-bond acceptors (Lipinski definition) is 5. The predicted molar refractivity (Wildman–Crippen MR) is 120 cm³/mol. The summed E-state index contributed by atoms with van der Waals surface area (Å²) in [7, 11) is 1.73. The number of carbonyl (C=O) groups is 1. The molecule has 162 valence electrons. The van der Waals surface area contributed by atoms with E-state index in [9.17, 15) is 4.79 Å². The Balaban J connectivity index is 1.47. The number of rotatable bonds is 9. The molecule has 0 amide bonds. The number of guanidine groups is 1. The SMILES string of the molecule is CCc1nncn1CCNC(=NC)NCc1cccc(C(=O)OCc2ccccc2)c1. The molecule has 3 rings (SSSR count). The summed E-state index contributed by atoms with van der Waals surface area (Å²) in [5, 5.41) is 14.6. The topological polar surface area (TPSA) is 93.4 Å². The predicted octanol–water partition coefficient (Wildman–Crippen LogP) is 2.56. The van der Waals surface area contributed by atoms with Gasteiger partial charge in [0, 0.05) is 33.1 Å². The second kappa shape index (κ2) is 11.5. The zero-order valence-corrected chi connectivity index (χ0v) is 17.9. The summed E-state index contributed by atoms with van der Waals surface area (Å²) in [6, 6.07) is 17.0. The summed E-state index contributed by atoms with van der Waals surface area (Å²) in [5.74, 6) is 1.30. The van der Waals surface area contributed by atoms with Crippen LogP contribution in [0.15, 0.2) is 65.9 Å². The smallest absolute Gasteiger partial charge is 0.338 e. The molecular weight excluding hydrogens is 392 g/mol. The Hall–Kier alpha value is -3.68. The molecule has 2 aromatic carbocycles. The van der Waals surface area contributed by atoms with Crippen LogP contribution in [0.1, 0.15) is 34.2 Å². The number of benzene rings is 2. The molecule has 8 nitrogen and oxygen atoms in total. The van der Waals surface area contributed by atoms with E-state index in [0.717, 1.165) is 29.9 Å². The molecule has 0 aliphatic rings. The van der Waals surface area contributed by atoms with E-state index in [-0.39, 0.29) is 12.6 Å². The van der Waals surface area contributed by atoms with Crippen molar-refractivity contribution in [3.8, 4) is 0 Å². The fourth-order valence-electron chi connectivity index (χ4n) is 3.06. The molecule has 0 saturated heterocycles. The third-order valence-electron chi connectivity index (χ3n) is 4.72. The number of carbonyl (C=O) groups excluding carboxylic acids is 1. The van der Waals surface area contributed by atoms with Crippen molar-refractivity contribution >= 4 is 11.9 Å². The minimum absolute atomic E-state index is 0.255. The van der Waals surface area contributed by atoms with Crippen LogP contribution in [0.5, 0.6) is 0 Å². The van der Waals surface area contributed by atoms with Crippen molar-refractivity contribution in [1.29, 1.82) is 0 Å². The van der Waals surface area contributed by atoms with Crippen LogP contribution >= 0.6 is 0 Å². The largest absolute Gasteiger partial charge is 0.457 e. The van der Waals surface area contributed by atoms with Crippen molar-refractivity contribution in [3.05, 3.63) is 83.4 Å². The lowest BCUT2D eigenvalue weighted by Gasteiger charge is -2.13. The summed E-state index contributed by atoms with van der Waals surface area (Å²) in [5.41, 5.74) is 2.45. The first-order valence-electron chi connectivity index (χ1n) is 10.3. The standard InChI is InChI=1S/C23H28N6O2/c1-3-21-28-27-17-29(21)13-12-25-23(24-2)26-15-19-10-7-11-20(14-19)22(30)31-16-18-8-5-4-6-9-18/h4-11,14,17H,3,12-13,15-16H2,1-2H3,(H2,24,25,26). The fraction of sp³-hybridized carbons (Fsp3) is 0.304. The molecule has 0 spiro atoms. The van der Waals surface area contributed by atoms with E-state index in [4.69, 9.17) is 4.74 Å². The van der Waals surface area contributed by atoms with Gasteiger partial charge in [0.15, 0.2) is 5.96 Å². The Morgan fingerprint density at radius 3 is 2.68 bits per heavy atom. The van der Waals surface area contributed by atoms with E-state index in [0.29, 0.717) is 24.6 Å². The van der Waals surface area contributed by atoms with E-state index in [1.54, 1.807) is 19.4 Å². The van der Waals surface area contributed by atoms with E-state index in [2.05, 4.69) is 32.7 Å². The number of aliphatic imine (C=N–C) groups is 1. The number of aryl methyl sites for hydroxylation is 1. The van der Waals surface area contributed by atoms with Crippen LogP contribution in [0.2, 0.25) is 0 Å². The first kappa shape index (κ1) is 22.0. The van der Waals surface area contributed by atoms with Crippen LogP contribution in [0.4, 0.5) is 0 Å². The van der Waals surface area contributed by atoms with Gasteiger partial charge in [-0.1, -0.05) is 49.4 Å². The normalized spacial score (nSPS) is 11.2. The molecule has 1 aromatic heterocycles. The molecule has 0 unspecified atom stereocenters. The minimum atomic E-state index is -0.339. The van der Waals surface area contributed by atoms with Gasteiger partial charge in [-0.2, -0.15) is 0 Å². The van der Waals surface area contributed by atoms with Crippen molar-refractivity contribution in [1.82, 2.24) is 25.4 Å². The number of hydrogen-bond donors (Lipinski definition) is 2. The average molecular weight is 421 g/mol. The van der Waals surface area contributed by atoms with Gasteiger partial charge in [-0.25, -0.2) is 4.79 Å². The maximum absolute atomic E-state index is 12.4. The molecule has 0 bridgehead atoms. The number of nitrogens with one attached hydrogen (secondary N) is 2. The highest BCUT2D eigenvalue weighted by Crippen LogP contribution is 2.09. The lowest BCUT2D eigenvalue weighted by atomic mass is 10.1. The molecule has 2 N–H and O–H groups in total. The molecule has 0 aliphatic heterocycles. The van der Waals surface area contributed by atoms with Crippen LogP contribution in [0, 0.1) is 0 Å². The van der Waals surface area contributed by atoms with Crippen molar-refractivity contribution in [2.45, 2.75) is 33.0 Å². The fourth-order valence-corrected chi connectivity index (χ4v) is 3.06. The summed E-state index contributed by atoms with van der Waals surface area (Å²) in [6.45, 7) is 4.29. The van der Waals surface area contributed by atoms with Crippen LogP contribution in [0.25, 0.3) is 0 Å². The zero-order chi connectivity index (χ0) is 21.9. The van der Waals surface area contributed by atoms with E-state index < -0.39 is 0 Å². The maximum Gasteiger partial charge on any atom is 0.338 e. The van der Waals surface area contributed by atoms with Gasteiger partial charge in [0.05, 0.1) is 5.56 Å². The number of esters is 1. The van der Waals surface area contributed by atoms with E-state index in [1.165, 1.54) is 0 Å². The third kappa shape index (κ3) is 6.67. The van der Waals surface area contributed by atoms with Crippen LogP contribution in [-0.2, 0) is 30.9 Å². The van der Waals surface area contributed by atoms with Gasteiger partial charge >= 0.3 is 5.97 Å². The van der Waals surface area contributed by atoms with Crippen molar-refractivity contribution in [2.24, 2.45) is 4.99 Å². The lowest BCUT2D eigenvalue weighted by molar-refractivity contribution is 0.0472.